The molecule has 0 aromatic carbocycles. The first-order valence-corrected chi connectivity index (χ1v) is 32.0. The lowest BCUT2D eigenvalue weighted by atomic mass is 9.85. The fraction of sp³-hybridized carbons (Fsp3) is 0.983. The van der Waals surface area contributed by atoms with E-state index in [2.05, 4.69) is 19.2 Å². The number of rotatable bonds is 53. The zero-order valence-corrected chi connectivity index (χ0v) is 47.0. The molecule has 0 aromatic heterocycles. The largest absolute Gasteiger partial charge is 0.472 e. The van der Waals surface area contributed by atoms with Crippen LogP contribution in [0.25, 0.3) is 0 Å². The van der Waals surface area contributed by atoms with Crippen LogP contribution >= 0.6 is 7.82 Å². The smallest absolute Gasteiger partial charge is 0.391 e. The highest BCUT2D eigenvalue weighted by Gasteiger charge is 2.51. The number of hydrogen-bond donors (Lipinski definition) is 8. The van der Waals surface area contributed by atoms with E-state index in [1.165, 1.54) is 231 Å². The molecule has 1 amide bonds. The Morgan fingerprint density at radius 3 is 0.972 bits per heavy atom. The fourth-order valence-corrected chi connectivity index (χ4v) is 11.2. The Morgan fingerprint density at radius 1 is 0.423 bits per heavy atom. The van der Waals surface area contributed by atoms with Gasteiger partial charge < -0.3 is 40.8 Å². The highest BCUT2D eigenvalue weighted by molar-refractivity contribution is 7.47. The van der Waals surface area contributed by atoms with Gasteiger partial charge in [0.25, 0.3) is 0 Å². The van der Waals surface area contributed by atoms with Crippen molar-refractivity contribution in [3.05, 3.63) is 0 Å². The molecular formula is C58H116NO11P. The number of hydrogen-bond acceptors (Lipinski definition) is 10. The van der Waals surface area contributed by atoms with Crippen LogP contribution in [-0.4, -0.2) is 96.8 Å². The third-order valence-electron chi connectivity index (χ3n) is 15.2. The zero-order chi connectivity index (χ0) is 52.1. The van der Waals surface area contributed by atoms with Gasteiger partial charge in [0, 0.05) is 6.42 Å². The van der Waals surface area contributed by atoms with Gasteiger partial charge in [-0.25, -0.2) is 4.57 Å². The number of nitrogens with one attached hydrogen (secondary N) is 1. The first-order valence-electron chi connectivity index (χ1n) is 30.5. The molecule has 71 heavy (non-hydrogen) atoms. The van der Waals surface area contributed by atoms with Crippen LogP contribution in [0.4, 0.5) is 0 Å². The van der Waals surface area contributed by atoms with Crippen LogP contribution in [0.15, 0.2) is 0 Å². The van der Waals surface area contributed by atoms with E-state index in [1.807, 2.05) is 0 Å². The van der Waals surface area contributed by atoms with E-state index < -0.39 is 63.2 Å². The number of carbonyl (C=O) groups excluding carboxylic acids is 1. The van der Waals surface area contributed by atoms with Crippen LogP contribution in [0, 0.1) is 0 Å². The van der Waals surface area contributed by atoms with Crippen LogP contribution < -0.4 is 5.32 Å². The summed E-state index contributed by atoms with van der Waals surface area (Å²) in [6, 6.07) is -1.03. The molecule has 1 aliphatic carbocycles. The molecule has 1 saturated carbocycles. The molecule has 0 spiro atoms. The van der Waals surface area contributed by atoms with Crippen molar-refractivity contribution in [3.63, 3.8) is 0 Å². The lowest BCUT2D eigenvalue weighted by Crippen LogP contribution is -2.64. The van der Waals surface area contributed by atoms with Gasteiger partial charge in [0.1, 0.15) is 36.6 Å². The van der Waals surface area contributed by atoms with Gasteiger partial charge in [-0.2, -0.15) is 0 Å². The minimum atomic E-state index is -5.05. The van der Waals surface area contributed by atoms with E-state index in [1.54, 1.807) is 0 Å². The quantitative estimate of drug-likeness (QED) is 0.0212. The van der Waals surface area contributed by atoms with Crippen LogP contribution in [0.5, 0.6) is 0 Å². The first kappa shape index (κ1) is 68.4. The third kappa shape index (κ3) is 38.5. The molecule has 424 valence electrons. The number of aliphatic hydroxyl groups excluding tert-OH is 6. The van der Waals surface area contributed by atoms with Crippen molar-refractivity contribution < 1.29 is 53.9 Å². The molecule has 0 aliphatic heterocycles. The maximum atomic E-state index is 13.0. The van der Waals surface area contributed by atoms with Crippen molar-refractivity contribution >= 4 is 13.7 Å². The van der Waals surface area contributed by atoms with Gasteiger partial charge in [-0.05, 0) is 12.8 Å². The van der Waals surface area contributed by atoms with Crippen molar-refractivity contribution in [2.24, 2.45) is 0 Å². The minimum absolute atomic E-state index is 0.243. The Labute approximate surface area is 436 Å². The highest BCUT2D eigenvalue weighted by atomic mass is 31.2. The average molecular weight is 1030 g/mol. The monoisotopic (exact) mass is 1030 g/mol. The number of unbranched alkanes of at least 4 members (excludes halogenated alkanes) is 42. The number of carbonyl (C=O) groups is 1. The summed E-state index contributed by atoms with van der Waals surface area (Å²) in [5.74, 6) is -0.302. The summed E-state index contributed by atoms with van der Waals surface area (Å²) in [7, 11) is -5.05. The fourth-order valence-electron chi connectivity index (χ4n) is 10.3. The van der Waals surface area contributed by atoms with Gasteiger partial charge in [-0.15, -0.1) is 0 Å². The van der Waals surface area contributed by atoms with Gasteiger partial charge in [-0.3, -0.25) is 13.8 Å². The van der Waals surface area contributed by atoms with Gasteiger partial charge >= 0.3 is 7.82 Å². The molecule has 13 heteroatoms. The van der Waals surface area contributed by atoms with Gasteiger partial charge in [0.05, 0.1) is 18.8 Å². The van der Waals surface area contributed by atoms with Crippen molar-refractivity contribution in [3.8, 4) is 0 Å². The third-order valence-corrected chi connectivity index (χ3v) is 16.2. The summed E-state index contributed by atoms with van der Waals surface area (Å²) < 4.78 is 23.0. The van der Waals surface area contributed by atoms with Crippen molar-refractivity contribution in [1.29, 1.82) is 0 Å². The second-order valence-corrected chi connectivity index (χ2v) is 23.3. The number of aliphatic hydroxyl groups is 6. The van der Waals surface area contributed by atoms with Crippen molar-refractivity contribution in [1.82, 2.24) is 5.32 Å². The molecule has 6 unspecified atom stereocenters. The molecule has 12 nitrogen and oxygen atoms in total. The Bertz CT molecular complexity index is 1200. The average Bonchev–Trinajstić information content (AvgIpc) is 3.35. The number of phosphoric ester groups is 1. The minimum Gasteiger partial charge on any atom is -0.391 e. The zero-order valence-electron chi connectivity index (χ0n) is 46.1. The standard InChI is InChI=1S/C58H116NO11P/c1-3-5-7-9-11-13-15-16-17-18-19-20-21-22-23-24-25-26-27-28-29-30-31-32-33-34-35-36-38-40-42-44-46-48-52(61)59-50(51(60)47-45-43-41-39-37-14-12-10-8-6-4-2)49-69-71(67,68)70-58-56(65)54(63)53(62)55(64)57(58)66/h50-51,53-58,60,62-66H,3-49H2,1-2H3,(H,59,61)(H,67,68)/t50-,51+,53?,54+,55?,56?,57?,58?/m0/s1. The summed E-state index contributed by atoms with van der Waals surface area (Å²) in [5, 5.41) is 64.3. The predicted octanol–water partition coefficient (Wildman–Crippen LogP) is 14.1. The molecule has 8 N–H and O–H groups in total. The molecule has 0 bridgehead atoms. The van der Waals surface area contributed by atoms with Crippen LogP contribution in [0.3, 0.4) is 0 Å². The predicted molar refractivity (Wildman–Crippen MR) is 292 cm³/mol. The highest BCUT2D eigenvalue weighted by Crippen LogP contribution is 2.47. The van der Waals surface area contributed by atoms with E-state index in [0.29, 0.717) is 19.3 Å². The van der Waals surface area contributed by atoms with Crippen molar-refractivity contribution in [2.45, 2.75) is 358 Å². The summed E-state index contributed by atoms with van der Waals surface area (Å²) >= 11 is 0. The summed E-state index contributed by atoms with van der Waals surface area (Å²) in [6.45, 7) is 3.92. The van der Waals surface area contributed by atoms with E-state index in [4.69, 9.17) is 9.05 Å². The second kappa shape index (κ2) is 47.8. The van der Waals surface area contributed by atoms with Crippen LogP contribution in [0.2, 0.25) is 0 Å². The molecule has 1 aliphatic rings. The van der Waals surface area contributed by atoms with E-state index >= 15 is 0 Å². The van der Waals surface area contributed by atoms with Crippen molar-refractivity contribution in [2.75, 3.05) is 6.61 Å². The maximum absolute atomic E-state index is 13.0. The lowest BCUT2D eigenvalue weighted by Gasteiger charge is -2.41. The maximum Gasteiger partial charge on any atom is 0.472 e. The molecule has 1 rings (SSSR count). The Morgan fingerprint density at radius 2 is 0.676 bits per heavy atom. The molecule has 9 atom stereocenters. The number of phosphoric acid groups is 1. The van der Waals surface area contributed by atoms with Gasteiger partial charge in [0.2, 0.25) is 5.91 Å². The SMILES string of the molecule is CCCCCCCCCCCCCCCCCCCCCCCCCCCCCCCCCCCC(=O)N[C@@H](COP(=O)(O)OC1C(O)C(O)C(O)[C@@H](O)C1O)[C@H](O)CCCCCCCCCCCCC. The molecule has 0 aromatic rings. The topological polar surface area (TPSA) is 206 Å². The first-order chi connectivity index (χ1) is 34.4. The van der Waals surface area contributed by atoms with Gasteiger partial charge in [0.15, 0.2) is 0 Å². The Hall–Kier alpha value is -0.660. The van der Waals surface area contributed by atoms with E-state index in [-0.39, 0.29) is 12.3 Å². The molecule has 0 saturated heterocycles. The van der Waals surface area contributed by atoms with E-state index in [9.17, 15) is 44.9 Å². The van der Waals surface area contributed by atoms with Crippen LogP contribution in [-0.2, 0) is 18.4 Å². The van der Waals surface area contributed by atoms with Gasteiger partial charge in [-0.1, -0.05) is 290 Å². The lowest BCUT2D eigenvalue weighted by molar-refractivity contribution is -0.220. The van der Waals surface area contributed by atoms with Crippen LogP contribution in [0.1, 0.15) is 309 Å². The Balaban J connectivity index is 2.14. The molecule has 0 heterocycles. The summed E-state index contributed by atoms with van der Waals surface area (Å²) in [4.78, 5) is 23.5. The van der Waals surface area contributed by atoms with E-state index in [0.717, 1.165) is 38.5 Å². The Kier molecular flexibility index (Phi) is 46.0. The number of amides is 1. The second-order valence-electron chi connectivity index (χ2n) is 21.9. The molecule has 0 radical (unpaired) electrons. The normalized spacial score (nSPS) is 21.1. The summed E-state index contributed by atoms with van der Waals surface area (Å²) in [6.07, 6.45) is 44.7. The molecular weight excluding hydrogens is 918 g/mol. The summed E-state index contributed by atoms with van der Waals surface area (Å²) in [5.41, 5.74) is 0. The molecule has 1 fully saturated rings.